The minimum absolute atomic E-state index is 0.314. The van der Waals surface area contributed by atoms with Gasteiger partial charge >= 0.3 is 0 Å². The van der Waals surface area contributed by atoms with Gasteiger partial charge < -0.3 is 14.4 Å². The Labute approximate surface area is 144 Å². The topological polar surface area (TPSA) is 38.8 Å². The summed E-state index contributed by atoms with van der Waals surface area (Å²) in [6.45, 7) is 3.17. The van der Waals surface area contributed by atoms with E-state index in [1.54, 1.807) is 0 Å². The number of fused-ring (bicyclic) bond motifs is 2. The van der Waals surface area contributed by atoms with E-state index in [1.807, 2.05) is 18.2 Å². The number of aryl methyl sites for hydroxylation is 1. The number of benzene rings is 1. The first-order valence-corrected chi connectivity index (χ1v) is 9.46. The molecule has 4 rings (SSSR count). The maximum Gasteiger partial charge on any atom is 0.222 e. The molecule has 1 saturated heterocycles. The summed E-state index contributed by atoms with van der Waals surface area (Å²) in [4.78, 5) is 14.7. The Hall–Kier alpha value is -1.71. The van der Waals surface area contributed by atoms with E-state index in [0.29, 0.717) is 25.5 Å². The summed E-state index contributed by atoms with van der Waals surface area (Å²) in [7, 11) is 0. The van der Waals surface area contributed by atoms with Crippen LogP contribution in [0.25, 0.3) is 0 Å². The van der Waals surface area contributed by atoms with Gasteiger partial charge in [-0.25, -0.2) is 0 Å². The molecule has 2 atom stereocenters. The van der Waals surface area contributed by atoms with Crippen LogP contribution in [0.1, 0.15) is 44.1 Å². The molecule has 1 aromatic rings. The highest BCUT2D eigenvalue weighted by molar-refractivity contribution is 5.76. The number of rotatable bonds is 3. The zero-order valence-electron chi connectivity index (χ0n) is 14.3. The molecule has 0 bridgehead atoms. The number of amides is 1. The number of hydrogen-bond acceptors (Lipinski definition) is 3. The van der Waals surface area contributed by atoms with Gasteiger partial charge in [-0.1, -0.05) is 25.3 Å². The number of nitrogens with zero attached hydrogens (tertiary/aromatic N) is 1. The molecule has 1 aromatic carbocycles. The lowest BCUT2D eigenvalue weighted by Crippen LogP contribution is -2.44. The summed E-state index contributed by atoms with van der Waals surface area (Å²) in [6, 6.07) is 6.03. The van der Waals surface area contributed by atoms with Gasteiger partial charge in [0, 0.05) is 19.5 Å². The first-order valence-electron chi connectivity index (χ1n) is 9.46. The van der Waals surface area contributed by atoms with Gasteiger partial charge in [0.15, 0.2) is 11.5 Å². The van der Waals surface area contributed by atoms with E-state index in [9.17, 15) is 4.79 Å². The number of carbonyl (C=O) groups excluding carboxylic acids is 1. The van der Waals surface area contributed by atoms with Gasteiger partial charge in [0.1, 0.15) is 13.2 Å². The van der Waals surface area contributed by atoms with Crippen LogP contribution in [-0.2, 0) is 11.2 Å². The normalized spacial score (nSPS) is 25.9. The maximum atomic E-state index is 12.6. The lowest BCUT2D eigenvalue weighted by Gasteiger charge is -2.41. The van der Waals surface area contributed by atoms with Crippen molar-refractivity contribution in [3.8, 4) is 11.5 Å². The fourth-order valence-corrected chi connectivity index (χ4v) is 4.48. The predicted molar refractivity (Wildman–Crippen MR) is 92.4 cm³/mol. The first-order chi connectivity index (χ1) is 11.8. The van der Waals surface area contributed by atoms with E-state index < -0.39 is 0 Å². The maximum absolute atomic E-state index is 12.6. The van der Waals surface area contributed by atoms with Crippen LogP contribution in [0, 0.1) is 11.8 Å². The highest BCUT2D eigenvalue weighted by Gasteiger charge is 2.32. The molecule has 1 amide bonds. The van der Waals surface area contributed by atoms with Crippen LogP contribution < -0.4 is 9.47 Å². The lowest BCUT2D eigenvalue weighted by atomic mass is 9.75. The summed E-state index contributed by atoms with van der Waals surface area (Å²) < 4.78 is 11.2. The fraction of sp³-hybridized carbons (Fsp3) is 0.650. The molecule has 2 heterocycles. The minimum Gasteiger partial charge on any atom is -0.486 e. The third-order valence-corrected chi connectivity index (χ3v) is 5.88. The molecule has 0 aromatic heterocycles. The summed E-state index contributed by atoms with van der Waals surface area (Å²) in [6.07, 6.45) is 8.01. The van der Waals surface area contributed by atoms with Crippen molar-refractivity contribution in [2.45, 2.75) is 44.9 Å². The zero-order valence-corrected chi connectivity index (χ0v) is 14.3. The largest absolute Gasteiger partial charge is 0.486 e. The van der Waals surface area contributed by atoms with E-state index in [4.69, 9.17) is 9.47 Å². The number of piperidine rings is 1. The Morgan fingerprint density at radius 1 is 1.04 bits per heavy atom. The van der Waals surface area contributed by atoms with E-state index in [1.165, 1.54) is 32.1 Å². The lowest BCUT2D eigenvalue weighted by molar-refractivity contribution is -0.134. The van der Waals surface area contributed by atoms with Crippen molar-refractivity contribution in [2.75, 3.05) is 26.3 Å². The van der Waals surface area contributed by atoms with Gasteiger partial charge in [-0.3, -0.25) is 4.79 Å². The van der Waals surface area contributed by atoms with Crippen LogP contribution in [0.15, 0.2) is 18.2 Å². The van der Waals surface area contributed by atoms with Gasteiger partial charge in [-0.2, -0.15) is 0 Å². The monoisotopic (exact) mass is 329 g/mol. The molecule has 1 aliphatic carbocycles. The Balaban J connectivity index is 1.31. The molecule has 130 valence electrons. The molecule has 2 unspecified atom stereocenters. The standard InChI is InChI=1S/C20H27NO3/c22-20(21-10-9-16-3-1-2-4-17(16)14-21)8-6-15-5-7-18-19(13-15)24-12-11-23-18/h5,7,13,16-17H,1-4,6,8-12,14H2. The summed E-state index contributed by atoms with van der Waals surface area (Å²) in [5, 5.41) is 0. The van der Waals surface area contributed by atoms with E-state index >= 15 is 0 Å². The molecule has 3 aliphatic rings. The van der Waals surface area contributed by atoms with Crippen LogP contribution in [0.2, 0.25) is 0 Å². The SMILES string of the molecule is O=C(CCc1ccc2c(c1)OCCO2)N1CCC2CCCCC2C1. The van der Waals surface area contributed by atoms with Gasteiger partial charge in [0.05, 0.1) is 0 Å². The number of hydrogen-bond donors (Lipinski definition) is 0. The summed E-state index contributed by atoms with van der Waals surface area (Å²) in [5.74, 6) is 3.57. The third kappa shape index (κ3) is 3.38. The van der Waals surface area contributed by atoms with Crippen molar-refractivity contribution in [3.05, 3.63) is 23.8 Å². The van der Waals surface area contributed by atoms with E-state index in [2.05, 4.69) is 4.90 Å². The molecule has 1 saturated carbocycles. The van der Waals surface area contributed by atoms with Gasteiger partial charge in [-0.05, 0) is 48.8 Å². The predicted octanol–water partition coefficient (Wildman–Crippen LogP) is 3.43. The minimum atomic E-state index is 0.314. The van der Waals surface area contributed by atoms with Crippen molar-refractivity contribution in [1.29, 1.82) is 0 Å². The molecule has 24 heavy (non-hydrogen) atoms. The number of carbonyl (C=O) groups is 1. The second-order valence-electron chi connectivity index (χ2n) is 7.41. The van der Waals surface area contributed by atoms with Crippen LogP contribution in [0.4, 0.5) is 0 Å². The average molecular weight is 329 g/mol. The number of ether oxygens (including phenoxy) is 2. The molecule has 0 radical (unpaired) electrons. The molecule has 0 spiro atoms. The fourth-order valence-electron chi connectivity index (χ4n) is 4.48. The van der Waals surface area contributed by atoms with Crippen LogP contribution in [0.3, 0.4) is 0 Å². The van der Waals surface area contributed by atoms with Gasteiger partial charge in [-0.15, -0.1) is 0 Å². The second kappa shape index (κ2) is 7.04. The molecular formula is C20H27NO3. The summed E-state index contributed by atoms with van der Waals surface area (Å²) >= 11 is 0. The third-order valence-electron chi connectivity index (χ3n) is 5.88. The molecular weight excluding hydrogens is 302 g/mol. The Morgan fingerprint density at radius 3 is 2.71 bits per heavy atom. The van der Waals surface area contributed by atoms with Crippen molar-refractivity contribution in [1.82, 2.24) is 4.90 Å². The molecule has 4 nitrogen and oxygen atoms in total. The molecule has 2 aliphatic heterocycles. The van der Waals surface area contributed by atoms with Crippen molar-refractivity contribution < 1.29 is 14.3 Å². The molecule has 2 fully saturated rings. The second-order valence-corrected chi connectivity index (χ2v) is 7.41. The van der Waals surface area contributed by atoms with E-state index in [-0.39, 0.29) is 0 Å². The van der Waals surface area contributed by atoms with E-state index in [0.717, 1.165) is 48.4 Å². The van der Waals surface area contributed by atoms with Crippen molar-refractivity contribution in [2.24, 2.45) is 11.8 Å². The van der Waals surface area contributed by atoms with Gasteiger partial charge in [0.2, 0.25) is 5.91 Å². The van der Waals surface area contributed by atoms with Crippen molar-refractivity contribution >= 4 is 5.91 Å². The van der Waals surface area contributed by atoms with Crippen LogP contribution in [0.5, 0.6) is 11.5 Å². The highest BCUT2D eigenvalue weighted by Crippen LogP contribution is 2.36. The zero-order chi connectivity index (χ0) is 16.4. The Kier molecular flexibility index (Phi) is 4.63. The first kappa shape index (κ1) is 15.8. The Bertz CT molecular complexity index is 601. The smallest absolute Gasteiger partial charge is 0.222 e. The van der Waals surface area contributed by atoms with Gasteiger partial charge in [0.25, 0.3) is 0 Å². The van der Waals surface area contributed by atoms with Crippen LogP contribution in [-0.4, -0.2) is 37.1 Å². The van der Waals surface area contributed by atoms with Crippen LogP contribution >= 0.6 is 0 Å². The molecule has 0 N–H and O–H groups in total. The highest BCUT2D eigenvalue weighted by atomic mass is 16.6. The summed E-state index contributed by atoms with van der Waals surface area (Å²) in [5.41, 5.74) is 1.15. The van der Waals surface area contributed by atoms with Crippen molar-refractivity contribution in [3.63, 3.8) is 0 Å². The number of likely N-dealkylation sites (tertiary alicyclic amines) is 1. The quantitative estimate of drug-likeness (QED) is 0.853. The molecule has 4 heteroatoms. The Morgan fingerprint density at radius 2 is 1.83 bits per heavy atom. The average Bonchev–Trinajstić information content (AvgIpc) is 2.65.